The monoisotopic (exact) mass is 272 g/mol. The van der Waals surface area contributed by atoms with Gasteiger partial charge >= 0.3 is 0 Å². The normalized spacial score (nSPS) is 8.21. The topological polar surface area (TPSA) is 40.5 Å². The summed E-state index contributed by atoms with van der Waals surface area (Å²) >= 11 is 0. The quantitative estimate of drug-likeness (QED) is 0.884. The molecular weight excluding hydrogens is 255 g/mol. The Morgan fingerprint density at radius 2 is 1.64 bits per heavy atom. The fourth-order valence-electron chi connectivity index (χ4n) is 0.742. The average Bonchev–Trinajstić information content (AvgIpc) is 2.21. The summed E-state index contributed by atoms with van der Waals surface area (Å²) in [5.74, 6) is 0. The number of unbranched alkanes of at least 4 members (excludes halogenated alkanes) is 1. The van der Waals surface area contributed by atoms with Crippen molar-refractivity contribution in [2.24, 2.45) is 0 Å². The molecule has 0 amide bonds. The van der Waals surface area contributed by atoms with Gasteiger partial charge in [0.25, 0.3) is 0 Å². The Morgan fingerprint density at radius 1 is 1.07 bits per heavy atom. The van der Waals surface area contributed by atoms with Crippen LogP contribution >= 0.6 is 0 Å². The molecule has 1 rings (SSSR count). The number of rotatable bonds is 3. The van der Waals surface area contributed by atoms with Crippen LogP contribution in [0.3, 0.4) is 0 Å². The molecule has 0 aromatic heterocycles. The van der Waals surface area contributed by atoms with Gasteiger partial charge in [0, 0.05) is 32.8 Å². The summed E-state index contributed by atoms with van der Waals surface area (Å²) in [6.07, 6.45) is 2.04. The van der Waals surface area contributed by atoms with Crippen LogP contribution in [0.4, 0.5) is 0 Å². The van der Waals surface area contributed by atoms with Crippen molar-refractivity contribution in [3.05, 3.63) is 35.9 Å². The number of aliphatic hydroxyl groups is 2. The van der Waals surface area contributed by atoms with Crippen LogP contribution in [0.15, 0.2) is 30.3 Å². The van der Waals surface area contributed by atoms with Gasteiger partial charge in [0.15, 0.2) is 0 Å². The van der Waals surface area contributed by atoms with Gasteiger partial charge in [-0.3, -0.25) is 0 Å². The van der Waals surface area contributed by atoms with Crippen molar-refractivity contribution in [3.63, 3.8) is 0 Å². The van der Waals surface area contributed by atoms with Gasteiger partial charge in [-0.05, 0) is 12.0 Å². The maximum absolute atomic E-state index is 8.54. The van der Waals surface area contributed by atoms with Crippen molar-refractivity contribution in [2.45, 2.75) is 26.4 Å². The van der Waals surface area contributed by atoms with E-state index < -0.39 is 0 Å². The predicted molar refractivity (Wildman–Crippen MR) is 54.4 cm³/mol. The third-order valence-corrected chi connectivity index (χ3v) is 1.54. The van der Waals surface area contributed by atoms with E-state index >= 15 is 0 Å². The number of aliphatic hydroxyl groups excluding tert-OH is 2. The molecule has 0 radical (unpaired) electrons. The molecule has 1 aromatic carbocycles. The first-order chi connectivity index (χ1) is 6.35. The third-order valence-electron chi connectivity index (χ3n) is 1.54. The summed E-state index contributed by atoms with van der Waals surface area (Å²) in [6, 6.07) is 9.52. The summed E-state index contributed by atoms with van der Waals surface area (Å²) in [7, 11) is 0. The second-order valence-corrected chi connectivity index (χ2v) is 2.72. The van der Waals surface area contributed by atoms with Crippen LogP contribution in [-0.2, 0) is 32.8 Å². The van der Waals surface area contributed by atoms with Crippen LogP contribution in [0.5, 0.6) is 0 Å². The molecule has 0 saturated carbocycles. The Kier molecular flexibility index (Phi) is 15.3. The minimum atomic E-state index is 0. The van der Waals surface area contributed by atoms with Crippen LogP contribution in [0.25, 0.3) is 0 Å². The Bertz CT molecular complexity index is 188. The SMILES string of the molecule is CCCCO.OCc1ccccc1.[Zr]. The van der Waals surface area contributed by atoms with Crippen LogP contribution in [0.1, 0.15) is 25.3 Å². The predicted octanol–water partition coefficient (Wildman–Crippen LogP) is 1.96. The molecule has 78 valence electrons. The largest absolute Gasteiger partial charge is 0.396 e. The first kappa shape index (κ1) is 16.5. The molecule has 3 heteroatoms. The van der Waals surface area contributed by atoms with Crippen LogP contribution in [0, 0.1) is 0 Å². The van der Waals surface area contributed by atoms with Crippen molar-refractivity contribution in [2.75, 3.05) is 6.61 Å². The zero-order valence-electron chi connectivity index (χ0n) is 8.61. The van der Waals surface area contributed by atoms with Crippen LogP contribution < -0.4 is 0 Å². The number of benzene rings is 1. The van der Waals surface area contributed by atoms with Crippen molar-refractivity contribution in [3.8, 4) is 0 Å². The summed E-state index contributed by atoms with van der Waals surface area (Å²) in [6.45, 7) is 2.54. The van der Waals surface area contributed by atoms with E-state index in [0.29, 0.717) is 6.61 Å². The molecule has 0 aliphatic carbocycles. The van der Waals surface area contributed by atoms with E-state index in [1.165, 1.54) is 0 Å². The van der Waals surface area contributed by atoms with Crippen molar-refractivity contribution < 1.29 is 36.4 Å². The van der Waals surface area contributed by atoms with Gasteiger partial charge in [-0.15, -0.1) is 0 Å². The van der Waals surface area contributed by atoms with E-state index in [9.17, 15) is 0 Å². The summed E-state index contributed by atoms with van der Waals surface area (Å²) < 4.78 is 0. The van der Waals surface area contributed by atoms with Crippen LogP contribution in [-0.4, -0.2) is 16.8 Å². The molecule has 0 unspecified atom stereocenters. The molecule has 0 aliphatic rings. The van der Waals surface area contributed by atoms with E-state index in [2.05, 4.69) is 6.92 Å². The van der Waals surface area contributed by atoms with E-state index in [1.807, 2.05) is 30.3 Å². The summed E-state index contributed by atoms with van der Waals surface area (Å²) in [5, 5.41) is 16.6. The van der Waals surface area contributed by atoms with Gasteiger partial charge < -0.3 is 10.2 Å². The van der Waals surface area contributed by atoms with Gasteiger partial charge in [-0.1, -0.05) is 43.7 Å². The first-order valence-corrected chi connectivity index (χ1v) is 4.60. The van der Waals surface area contributed by atoms with Gasteiger partial charge in [-0.25, -0.2) is 0 Å². The molecule has 0 spiro atoms. The summed E-state index contributed by atoms with van der Waals surface area (Å²) in [4.78, 5) is 0. The number of hydrogen-bond acceptors (Lipinski definition) is 2. The zero-order valence-corrected chi connectivity index (χ0v) is 11.1. The van der Waals surface area contributed by atoms with Crippen molar-refractivity contribution in [1.29, 1.82) is 0 Å². The van der Waals surface area contributed by atoms with E-state index in [-0.39, 0.29) is 32.8 Å². The fourth-order valence-corrected chi connectivity index (χ4v) is 0.742. The van der Waals surface area contributed by atoms with E-state index in [1.54, 1.807) is 0 Å². The van der Waals surface area contributed by atoms with Gasteiger partial charge in [0.05, 0.1) is 6.61 Å². The molecule has 1 aromatic rings. The molecule has 0 saturated heterocycles. The van der Waals surface area contributed by atoms with Gasteiger partial charge in [0.1, 0.15) is 0 Å². The Balaban J connectivity index is 0. The van der Waals surface area contributed by atoms with Gasteiger partial charge in [-0.2, -0.15) is 0 Å². The molecule has 0 aliphatic heterocycles. The standard InChI is InChI=1S/C7H8O.C4H10O.Zr/c8-6-7-4-2-1-3-5-7;1-2-3-4-5;/h1-5,8H,6H2;5H,2-4H2,1H3;. The molecule has 14 heavy (non-hydrogen) atoms. The van der Waals surface area contributed by atoms with E-state index in [0.717, 1.165) is 18.4 Å². The molecular formula is C11H18O2Zr. The molecule has 0 bridgehead atoms. The first-order valence-electron chi connectivity index (χ1n) is 4.60. The van der Waals surface area contributed by atoms with Crippen molar-refractivity contribution >= 4 is 0 Å². The molecule has 0 fully saturated rings. The minimum Gasteiger partial charge on any atom is -0.396 e. The smallest absolute Gasteiger partial charge is 0.0681 e. The second-order valence-electron chi connectivity index (χ2n) is 2.72. The average molecular weight is 273 g/mol. The number of hydrogen-bond donors (Lipinski definition) is 2. The molecule has 0 atom stereocenters. The van der Waals surface area contributed by atoms with Crippen LogP contribution in [0.2, 0.25) is 0 Å². The molecule has 2 N–H and O–H groups in total. The Hall–Kier alpha value is 0.0231. The maximum Gasteiger partial charge on any atom is 0.0681 e. The molecule has 2 nitrogen and oxygen atoms in total. The fraction of sp³-hybridized carbons (Fsp3) is 0.455. The Labute approximate surface area is 105 Å². The maximum atomic E-state index is 8.54. The Morgan fingerprint density at radius 3 is 1.86 bits per heavy atom. The summed E-state index contributed by atoms with van der Waals surface area (Å²) in [5.41, 5.74) is 0.965. The minimum absolute atomic E-state index is 0. The third kappa shape index (κ3) is 10.1. The molecule has 0 heterocycles. The second kappa shape index (κ2) is 13.0. The van der Waals surface area contributed by atoms with E-state index in [4.69, 9.17) is 10.2 Å². The van der Waals surface area contributed by atoms with Crippen molar-refractivity contribution in [1.82, 2.24) is 0 Å². The van der Waals surface area contributed by atoms with Gasteiger partial charge in [0.2, 0.25) is 0 Å². The zero-order chi connectivity index (χ0) is 9.94.